The van der Waals surface area contributed by atoms with Crippen molar-refractivity contribution in [2.24, 2.45) is 0 Å². The molecule has 0 N–H and O–H groups in total. The molecule has 0 aliphatic heterocycles. The van der Waals surface area contributed by atoms with Crippen LogP contribution in [0.2, 0.25) is 0 Å². The van der Waals surface area contributed by atoms with Crippen LogP contribution in [0.1, 0.15) is 10.4 Å². The van der Waals surface area contributed by atoms with Gasteiger partial charge in [0.05, 0.1) is 6.07 Å². The van der Waals surface area contributed by atoms with Crippen molar-refractivity contribution in [3.8, 4) is 6.07 Å². The molecule has 6 heteroatoms. The van der Waals surface area contributed by atoms with E-state index >= 15 is 0 Å². The van der Waals surface area contributed by atoms with Crippen LogP contribution in [0, 0.1) is 23.0 Å². The summed E-state index contributed by atoms with van der Waals surface area (Å²) in [6.07, 6.45) is 0. The minimum Gasteiger partial charge on any atom is -0.328 e. The van der Waals surface area contributed by atoms with Gasteiger partial charge in [-0.2, -0.15) is 5.26 Å². The zero-order chi connectivity index (χ0) is 12.3. The molecule has 0 saturated carbocycles. The van der Waals surface area contributed by atoms with E-state index < -0.39 is 23.1 Å². The molecule has 0 bridgehead atoms. The molecular formula is C10H7BrF2N2O. The lowest BCUT2D eigenvalue weighted by molar-refractivity contribution is 0.0802. The van der Waals surface area contributed by atoms with E-state index in [4.69, 9.17) is 5.26 Å². The first-order valence-corrected chi connectivity index (χ1v) is 5.03. The largest absolute Gasteiger partial charge is 0.328 e. The van der Waals surface area contributed by atoms with Crippen LogP contribution in [0.4, 0.5) is 8.78 Å². The van der Waals surface area contributed by atoms with E-state index in [1.165, 1.54) is 7.05 Å². The van der Waals surface area contributed by atoms with Gasteiger partial charge in [0.1, 0.15) is 23.7 Å². The van der Waals surface area contributed by atoms with Gasteiger partial charge in [-0.25, -0.2) is 8.78 Å². The normalized spacial score (nSPS) is 9.69. The van der Waals surface area contributed by atoms with E-state index in [0.717, 1.165) is 17.0 Å². The fourth-order valence-electron chi connectivity index (χ4n) is 1.12. The average molecular weight is 289 g/mol. The second kappa shape index (κ2) is 5.03. The van der Waals surface area contributed by atoms with Crippen LogP contribution < -0.4 is 0 Å². The van der Waals surface area contributed by atoms with Crippen LogP contribution in [0.25, 0.3) is 0 Å². The van der Waals surface area contributed by atoms with Gasteiger partial charge in [0.2, 0.25) is 0 Å². The lowest BCUT2D eigenvalue weighted by atomic mass is 10.1. The number of hydrogen-bond acceptors (Lipinski definition) is 2. The van der Waals surface area contributed by atoms with Crippen molar-refractivity contribution in [2.45, 2.75) is 0 Å². The Morgan fingerprint density at radius 2 is 2.00 bits per heavy atom. The van der Waals surface area contributed by atoms with Gasteiger partial charge in [-0.15, -0.1) is 0 Å². The number of benzene rings is 1. The first kappa shape index (κ1) is 12.6. The Kier molecular flexibility index (Phi) is 3.96. The summed E-state index contributed by atoms with van der Waals surface area (Å²) in [5.41, 5.74) is -0.652. The van der Waals surface area contributed by atoms with Gasteiger partial charge in [0.15, 0.2) is 0 Å². The molecule has 3 nitrogen and oxygen atoms in total. The summed E-state index contributed by atoms with van der Waals surface area (Å²) in [5.74, 6) is -2.77. The lowest BCUT2D eigenvalue weighted by Gasteiger charge is -2.14. The summed E-state index contributed by atoms with van der Waals surface area (Å²) in [5, 5.41) is 8.38. The van der Waals surface area contributed by atoms with Crippen molar-refractivity contribution in [2.75, 3.05) is 13.6 Å². The zero-order valence-corrected chi connectivity index (χ0v) is 9.88. The monoisotopic (exact) mass is 288 g/mol. The molecule has 0 aromatic heterocycles. The van der Waals surface area contributed by atoms with Crippen molar-refractivity contribution in [3.63, 3.8) is 0 Å². The Bertz CT molecular complexity index is 447. The van der Waals surface area contributed by atoms with Crippen molar-refractivity contribution in [3.05, 3.63) is 33.8 Å². The molecule has 1 aromatic carbocycles. The number of carbonyl (C=O) groups excluding carboxylic acids is 1. The number of hydrogen-bond donors (Lipinski definition) is 0. The highest BCUT2D eigenvalue weighted by Gasteiger charge is 2.21. The van der Waals surface area contributed by atoms with Gasteiger partial charge in [-0.05, 0) is 12.1 Å². The molecule has 0 fully saturated rings. The van der Waals surface area contributed by atoms with Crippen LogP contribution in [0.15, 0.2) is 16.6 Å². The van der Waals surface area contributed by atoms with Gasteiger partial charge in [0.25, 0.3) is 5.91 Å². The topological polar surface area (TPSA) is 44.1 Å². The van der Waals surface area contributed by atoms with Crippen LogP contribution in [0.5, 0.6) is 0 Å². The number of nitrogens with zero attached hydrogens (tertiary/aromatic N) is 2. The molecule has 0 unspecified atom stereocenters. The van der Waals surface area contributed by atoms with Crippen LogP contribution in [-0.2, 0) is 0 Å². The van der Waals surface area contributed by atoms with Crippen molar-refractivity contribution in [1.82, 2.24) is 4.90 Å². The Balaban J connectivity index is 3.15. The van der Waals surface area contributed by atoms with Crippen LogP contribution in [0.3, 0.4) is 0 Å². The standard InChI is InChI=1S/C10H7BrF2N2O/c1-15(3-2-14)10(16)9-7(12)4-6(11)5-8(9)13/h4-5H,3H2,1H3. The quantitative estimate of drug-likeness (QED) is 0.784. The molecule has 0 heterocycles. The molecule has 84 valence electrons. The highest BCUT2D eigenvalue weighted by molar-refractivity contribution is 9.10. The number of amides is 1. The maximum absolute atomic E-state index is 13.4. The molecule has 1 aromatic rings. The average Bonchev–Trinajstić information content (AvgIpc) is 2.16. The molecule has 0 saturated heterocycles. The van der Waals surface area contributed by atoms with Crippen LogP contribution >= 0.6 is 15.9 Å². The van der Waals surface area contributed by atoms with Gasteiger partial charge < -0.3 is 4.90 Å². The molecule has 1 rings (SSSR count). The second-order valence-corrected chi connectivity index (χ2v) is 3.98. The third kappa shape index (κ3) is 2.55. The van der Waals surface area contributed by atoms with E-state index in [1.54, 1.807) is 6.07 Å². The lowest BCUT2D eigenvalue weighted by Crippen LogP contribution is -2.28. The third-order valence-electron chi connectivity index (χ3n) is 1.88. The summed E-state index contributed by atoms with van der Waals surface area (Å²) in [6.45, 7) is -0.228. The molecule has 0 aliphatic rings. The molecule has 0 radical (unpaired) electrons. The zero-order valence-electron chi connectivity index (χ0n) is 8.30. The summed E-state index contributed by atoms with van der Waals surface area (Å²) < 4.78 is 26.9. The van der Waals surface area contributed by atoms with Crippen LogP contribution in [-0.4, -0.2) is 24.4 Å². The molecule has 1 amide bonds. The first-order chi connectivity index (χ1) is 7.47. The number of carbonyl (C=O) groups is 1. The number of nitriles is 1. The number of rotatable bonds is 2. The Morgan fingerprint density at radius 3 is 2.44 bits per heavy atom. The van der Waals surface area contributed by atoms with E-state index in [9.17, 15) is 13.6 Å². The summed E-state index contributed by atoms with van der Waals surface area (Å²) in [6, 6.07) is 3.71. The van der Waals surface area contributed by atoms with Gasteiger partial charge in [0, 0.05) is 11.5 Å². The van der Waals surface area contributed by atoms with E-state index in [1.807, 2.05) is 0 Å². The molecule has 0 atom stereocenters. The minimum atomic E-state index is -0.957. The predicted molar refractivity (Wildman–Crippen MR) is 56.6 cm³/mol. The minimum absolute atomic E-state index is 0.210. The van der Waals surface area contributed by atoms with Crippen molar-refractivity contribution >= 4 is 21.8 Å². The fraction of sp³-hybridized carbons (Fsp3) is 0.200. The maximum Gasteiger partial charge on any atom is 0.260 e. The molecular weight excluding hydrogens is 282 g/mol. The van der Waals surface area contributed by atoms with Gasteiger partial charge >= 0.3 is 0 Å². The first-order valence-electron chi connectivity index (χ1n) is 4.24. The summed E-state index contributed by atoms with van der Waals surface area (Å²) in [7, 11) is 1.30. The molecule has 0 aliphatic carbocycles. The van der Waals surface area contributed by atoms with E-state index in [0.29, 0.717) is 0 Å². The predicted octanol–water partition coefficient (Wildman–Crippen LogP) is 2.32. The molecule has 0 spiro atoms. The van der Waals surface area contributed by atoms with E-state index in [-0.39, 0.29) is 11.0 Å². The highest BCUT2D eigenvalue weighted by Crippen LogP contribution is 2.20. The van der Waals surface area contributed by atoms with Crippen molar-refractivity contribution in [1.29, 1.82) is 5.26 Å². The van der Waals surface area contributed by atoms with Gasteiger partial charge in [-0.1, -0.05) is 15.9 Å². The van der Waals surface area contributed by atoms with Crippen molar-refractivity contribution < 1.29 is 13.6 Å². The Labute approximate surface area is 99.4 Å². The summed E-state index contributed by atoms with van der Waals surface area (Å²) in [4.78, 5) is 12.5. The van der Waals surface area contributed by atoms with Gasteiger partial charge in [-0.3, -0.25) is 4.79 Å². The second-order valence-electron chi connectivity index (χ2n) is 3.06. The third-order valence-corrected chi connectivity index (χ3v) is 2.33. The summed E-state index contributed by atoms with van der Waals surface area (Å²) >= 11 is 2.91. The number of halogens is 3. The Hall–Kier alpha value is -1.48. The molecule has 16 heavy (non-hydrogen) atoms. The smallest absolute Gasteiger partial charge is 0.260 e. The Morgan fingerprint density at radius 1 is 1.50 bits per heavy atom. The highest BCUT2D eigenvalue weighted by atomic mass is 79.9. The fourth-order valence-corrected chi connectivity index (χ4v) is 1.52. The SMILES string of the molecule is CN(CC#N)C(=O)c1c(F)cc(Br)cc1F. The van der Waals surface area contributed by atoms with E-state index in [2.05, 4.69) is 15.9 Å². The maximum atomic E-state index is 13.4.